The van der Waals surface area contributed by atoms with Crippen LogP contribution in [0, 0.1) is 0 Å². The lowest BCUT2D eigenvalue weighted by Crippen LogP contribution is -2.51. The van der Waals surface area contributed by atoms with Gasteiger partial charge in [0.25, 0.3) is 10.2 Å². The molecule has 1 aliphatic carbocycles. The van der Waals surface area contributed by atoms with Crippen LogP contribution in [0.1, 0.15) is 18.9 Å². The second kappa shape index (κ2) is 5.39. The predicted molar refractivity (Wildman–Crippen MR) is 85.4 cm³/mol. The minimum absolute atomic E-state index is 0.429. The van der Waals surface area contributed by atoms with Crippen LogP contribution >= 0.6 is 0 Å². The predicted octanol–water partition coefficient (Wildman–Crippen LogP) is -0.253. The topological polar surface area (TPSA) is 96.2 Å². The Morgan fingerprint density at radius 3 is 2.52 bits per heavy atom. The molecule has 0 unspecified atom stereocenters. The number of piperazine rings is 1. The third kappa shape index (κ3) is 2.56. The van der Waals surface area contributed by atoms with E-state index in [1.54, 1.807) is 6.33 Å². The van der Waals surface area contributed by atoms with Crippen LogP contribution in [-0.2, 0) is 10.2 Å². The molecule has 3 heterocycles. The van der Waals surface area contributed by atoms with Gasteiger partial charge in [0.05, 0.1) is 6.33 Å². The van der Waals surface area contributed by atoms with Crippen molar-refractivity contribution in [3.8, 4) is 0 Å². The van der Waals surface area contributed by atoms with Gasteiger partial charge in [0.15, 0.2) is 17.0 Å². The van der Waals surface area contributed by atoms with E-state index in [1.807, 2.05) is 6.33 Å². The van der Waals surface area contributed by atoms with Crippen LogP contribution in [0.3, 0.4) is 0 Å². The zero-order valence-corrected chi connectivity index (χ0v) is 13.7. The van der Waals surface area contributed by atoms with Crippen molar-refractivity contribution >= 4 is 27.2 Å². The molecule has 2 fully saturated rings. The number of hydrogen-bond acceptors (Lipinski definition) is 6. The lowest BCUT2D eigenvalue weighted by atomic mass is 10.3. The van der Waals surface area contributed by atoms with Crippen LogP contribution in [0.15, 0.2) is 12.7 Å². The molecule has 1 N–H and O–H groups in total. The number of nitrogens with one attached hydrogen (secondary N) is 1. The molecular formula is C13H19N7O2S. The van der Waals surface area contributed by atoms with Gasteiger partial charge in [0.1, 0.15) is 6.33 Å². The molecule has 0 spiro atoms. The monoisotopic (exact) mass is 337 g/mol. The van der Waals surface area contributed by atoms with Crippen LogP contribution in [0.25, 0.3) is 11.2 Å². The highest BCUT2D eigenvalue weighted by Crippen LogP contribution is 2.37. The quantitative estimate of drug-likeness (QED) is 0.826. The lowest BCUT2D eigenvalue weighted by Gasteiger charge is -2.34. The van der Waals surface area contributed by atoms with Crippen LogP contribution in [0.4, 0.5) is 5.82 Å². The standard InChI is InChI=1S/C13H19N7O2S/c1-14-23(21,22)19-6-4-18(5-7-19)12-11-13(16-8-15-12)20(9-17-11)10-2-3-10/h8-10,14H,2-7H2,1H3. The molecule has 1 saturated heterocycles. The van der Waals surface area contributed by atoms with E-state index in [0.29, 0.717) is 32.2 Å². The van der Waals surface area contributed by atoms with Crippen molar-refractivity contribution in [2.24, 2.45) is 0 Å². The zero-order valence-electron chi connectivity index (χ0n) is 12.9. The number of rotatable bonds is 4. The maximum atomic E-state index is 11.9. The Hall–Kier alpha value is -1.78. The van der Waals surface area contributed by atoms with Gasteiger partial charge in [0, 0.05) is 39.3 Å². The van der Waals surface area contributed by atoms with E-state index in [-0.39, 0.29) is 0 Å². The van der Waals surface area contributed by atoms with Gasteiger partial charge in [-0.05, 0) is 12.8 Å². The van der Waals surface area contributed by atoms with Crippen LogP contribution in [0.5, 0.6) is 0 Å². The summed E-state index contributed by atoms with van der Waals surface area (Å²) in [5.41, 5.74) is 1.66. The van der Waals surface area contributed by atoms with Crippen LogP contribution in [-0.4, -0.2) is 65.5 Å². The van der Waals surface area contributed by atoms with Gasteiger partial charge in [-0.2, -0.15) is 12.7 Å². The average molecular weight is 337 g/mol. The average Bonchev–Trinajstić information content (AvgIpc) is 3.33. The van der Waals surface area contributed by atoms with Gasteiger partial charge in [-0.3, -0.25) is 0 Å². The third-order valence-corrected chi connectivity index (χ3v) is 5.98. The van der Waals surface area contributed by atoms with Gasteiger partial charge in [0.2, 0.25) is 0 Å². The number of hydrogen-bond donors (Lipinski definition) is 1. The Kier molecular flexibility index (Phi) is 3.47. The summed E-state index contributed by atoms with van der Waals surface area (Å²) < 4.78 is 29.6. The van der Waals surface area contributed by atoms with Gasteiger partial charge in [-0.25, -0.2) is 19.7 Å². The summed E-state index contributed by atoms with van der Waals surface area (Å²) in [6.45, 7) is 2.03. The molecule has 23 heavy (non-hydrogen) atoms. The molecule has 124 valence electrons. The van der Waals surface area contributed by atoms with E-state index in [0.717, 1.165) is 17.0 Å². The fourth-order valence-electron chi connectivity index (χ4n) is 2.96. The Morgan fingerprint density at radius 1 is 1.13 bits per heavy atom. The summed E-state index contributed by atoms with van der Waals surface area (Å²) in [6, 6.07) is 0.514. The fraction of sp³-hybridized carbons (Fsp3) is 0.615. The Morgan fingerprint density at radius 2 is 1.87 bits per heavy atom. The maximum Gasteiger partial charge on any atom is 0.279 e. The first kappa shape index (κ1) is 14.8. The van der Waals surface area contributed by atoms with Crippen molar-refractivity contribution in [3.63, 3.8) is 0 Å². The molecule has 4 rings (SSSR count). The van der Waals surface area contributed by atoms with Gasteiger partial charge in [-0.1, -0.05) is 0 Å². The largest absolute Gasteiger partial charge is 0.352 e. The van der Waals surface area contributed by atoms with Gasteiger partial charge in [-0.15, -0.1) is 0 Å². The maximum absolute atomic E-state index is 11.9. The van der Waals surface area contributed by atoms with Crippen molar-refractivity contribution in [2.45, 2.75) is 18.9 Å². The summed E-state index contributed by atoms with van der Waals surface area (Å²) >= 11 is 0. The molecule has 0 amide bonds. The summed E-state index contributed by atoms with van der Waals surface area (Å²) in [4.78, 5) is 15.3. The van der Waals surface area contributed by atoms with Crippen molar-refractivity contribution in [3.05, 3.63) is 12.7 Å². The number of fused-ring (bicyclic) bond motifs is 1. The zero-order chi connectivity index (χ0) is 16.0. The number of aromatic nitrogens is 4. The molecule has 2 aromatic heterocycles. The highest BCUT2D eigenvalue weighted by Gasteiger charge is 2.29. The highest BCUT2D eigenvalue weighted by molar-refractivity contribution is 7.87. The molecular weight excluding hydrogens is 318 g/mol. The molecule has 2 aliphatic rings. The normalized spacial score (nSPS) is 20.3. The minimum atomic E-state index is -3.36. The first-order valence-corrected chi connectivity index (χ1v) is 9.15. The van der Waals surface area contributed by atoms with Gasteiger partial charge >= 0.3 is 0 Å². The molecule has 9 nitrogen and oxygen atoms in total. The molecule has 0 radical (unpaired) electrons. The minimum Gasteiger partial charge on any atom is -0.352 e. The molecule has 2 aromatic rings. The molecule has 10 heteroatoms. The van der Waals surface area contributed by atoms with E-state index >= 15 is 0 Å². The summed E-state index contributed by atoms with van der Waals surface area (Å²) in [5, 5.41) is 0. The smallest absolute Gasteiger partial charge is 0.279 e. The van der Waals surface area contributed by atoms with Crippen LogP contribution < -0.4 is 9.62 Å². The van der Waals surface area contributed by atoms with Crippen LogP contribution in [0.2, 0.25) is 0 Å². The van der Waals surface area contributed by atoms with Crippen molar-refractivity contribution in [2.75, 3.05) is 38.1 Å². The summed E-state index contributed by atoms with van der Waals surface area (Å²) in [6.07, 6.45) is 5.74. The van der Waals surface area contributed by atoms with Gasteiger partial charge < -0.3 is 9.47 Å². The van der Waals surface area contributed by atoms with E-state index in [2.05, 4.69) is 29.1 Å². The lowest BCUT2D eigenvalue weighted by molar-refractivity contribution is 0.380. The Balaban J connectivity index is 1.59. The van der Waals surface area contributed by atoms with E-state index in [9.17, 15) is 8.42 Å². The number of imidazole rings is 1. The Bertz CT molecular complexity index is 822. The number of anilines is 1. The third-order valence-electron chi connectivity index (χ3n) is 4.42. The SMILES string of the molecule is CNS(=O)(=O)N1CCN(c2ncnc3c2ncn3C2CC2)CC1. The van der Waals surface area contributed by atoms with Crippen molar-refractivity contribution < 1.29 is 8.42 Å². The molecule has 0 atom stereocenters. The molecule has 1 aliphatic heterocycles. The summed E-state index contributed by atoms with van der Waals surface area (Å²) in [5.74, 6) is 0.788. The number of nitrogens with zero attached hydrogens (tertiary/aromatic N) is 6. The highest BCUT2D eigenvalue weighted by atomic mass is 32.2. The molecule has 1 saturated carbocycles. The second-order valence-corrected chi connectivity index (χ2v) is 7.72. The first-order valence-electron chi connectivity index (χ1n) is 7.71. The summed E-state index contributed by atoms with van der Waals surface area (Å²) in [7, 11) is -1.93. The molecule has 0 bridgehead atoms. The van der Waals surface area contributed by atoms with E-state index in [1.165, 1.54) is 24.2 Å². The second-order valence-electron chi connectivity index (χ2n) is 5.85. The Labute approximate surface area is 134 Å². The first-order chi connectivity index (χ1) is 11.1. The van der Waals surface area contributed by atoms with E-state index in [4.69, 9.17) is 0 Å². The van der Waals surface area contributed by atoms with Crippen molar-refractivity contribution in [1.82, 2.24) is 28.5 Å². The van der Waals surface area contributed by atoms with E-state index < -0.39 is 10.2 Å². The van der Waals surface area contributed by atoms with Crippen molar-refractivity contribution in [1.29, 1.82) is 0 Å². The fourth-order valence-corrected chi connectivity index (χ4v) is 3.86. The molecule has 0 aromatic carbocycles.